The van der Waals surface area contributed by atoms with Crippen LogP contribution in [0.2, 0.25) is 0 Å². The van der Waals surface area contributed by atoms with Gasteiger partial charge in [0.15, 0.2) is 11.3 Å². The molecule has 10 rings (SSSR count). The Morgan fingerprint density at radius 2 is 1.84 bits per heavy atom. The zero-order valence-corrected chi connectivity index (χ0v) is 35.1. The van der Waals surface area contributed by atoms with Gasteiger partial charge in [0.1, 0.15) is 18.1 Å². The van der Waals surface area contributed by atoms with Gasteiger partial charge in [-0.05, 0) is 74.5 Å². The van der Waals surface area contributed by atoms with E-state index in [-0.39, 0.29) is 60.4 Å². The number of rotatable bonds is 11. The van der Waals surface area contributed by atoms with Gasteiger partial charge < -0.3 is 35.2 Å². The number of halogens is 2. The summed E-state index contributed by atoms with van der Waals surface area (Å²) < 4.78 is 48.4. The minimum Gasteiger partial charge on any atom is -0.374 e. The number of anilines is 3. The van der Waals surface area contributed by atoms with E-state index >= 15 is 0 Å². The molecule has 328 valence electrons. The van der Waals surface area contributed by atoms with Gasteiger partial charge in [-0.15, -0.1) is 0 Å². The van der Waals surface area contributed by atoms with Crippen molar-refractivity contribution in [2.45, 2.75) is 75.5 Å². The van der Waals surface area contributed by atoms with Gasteiger partial charge in [-0.2, -0.15) is 14.6 Å². The highest BCUT2D eigenvalue weighted by atomic mass is 32.1. The van der Waals surface area contributed by atoms with Crippen molar-refractivity contribution in [2.24, 2.45) is 5.92 Å². The fraction of sp³-hybridized carbons (Fsp3) is 0.548. The maximum absolute atomic E-state index is 14.3. The second-order valence-electron chi connectivity index (χ2n) is 17.1. The van der Waals surface area contributed by atoms with Crippen LogP contribution in [0.15, 0.2) is 42.9 Å². The van der Waals surface area contributed by atoms with Crippen LogP contribution in [0.4, 0.5) is 26.0 Å². The molecule has 4 aromatic heterocycles. The molecule has 5 fully saturated rings. The number of fused-ring (bicyclic) bond motifs is 4. The summed E-state index contributed by atoms with van der Waals surface area (Å²) in [6, 6.07) is 7.79. The van der Waals surface area contributed by atoms with Crippen LogP contribution in [-0.4, -0.2) is 134 Å². The lowest BCUT2D eigenvalue weighted by Crippen LogP contribution is -2.49. The maximum atomic E-state index is 14.3. The second-order valence-corrected chi connectivity index (χ2v) is 17.9. The zero-order chi connectivity index (χ0) is 42.3. The van der Waals surface area contributed by atoms with Crippen LogP contribution in [0, 0.1) is 5.92 Å². The van der Waals surface area contributed by atoms with Crippen molar-refractivity contribution in [3.8, 4) is 0 Å². The van der Waals surface area contributed by atoms with Crippen LogP contribution in [0.25, 0.3) is 15.7 Å². The van der Waals surface area contributed by atoms with Crippen LogP contribution in [0.1, 0.15) is 85.1 Å². The molecule has 3 atom stereocenters. The SMILES string of the molecule is O=C(CN1CCN(CC2CCC(n3cc(NC(=O)c4cnn5ccc(N6C[C@H]7C[C@@H]6CO7)nc45)c(C(F)F)n3)CC2)CC1)Nc1cccc2c(C3CCCOCNC3=O)nsc12. The smallest absolute Gasteiger partial charge is 0.284 e. The normalized spacial score (nSPS) is 25.0. The Balaban J connectivity index is 0.698. The van der Waals surface area contributed by atoms with E-state index in [9.17, 15) is 23.2 Å². The van der Waals surface area contributed by atoms with E-state index in [2.05, 4.69) is 45.2 Å². The third kappa shape index (κ3) is 8.37. The number of benzene rings is 1. The number of nitrogens with one attached hydrogen (secondary N) is 3. The van der Waals surface area contributed by atoms with Crippen LogP contribution >= 0.6 is 11.5 Å². The van der Waals surface area contributed by atoms with E-state index in [4.69, 9.17) is 14.5 Å². The number of hydrogen-bond acceptors (Lipinski definition) is 13. The summed E-state index contributed by atoms with van der Waals surface area (Å²) in [5.74, 6) is 0.0938. The summed E-state index contributed by atoms with van der Waals surface area (Å²) in [5.41, 5.74) is 1.54. The highest BCUT2D eigenvalue weighted by Gasteiger charge is 2.40. The predicted octanol–water partition coefficient (Wildman–Crippen LogP) is 4.66. The van der Waals surface area contributed by atoms with Crippen molar-refractivity contribution in [2.75, 3.05) is 81.3 Å². The number of carbonyl (C=O) groups is 3. The molecular weight excluding hydrogens is 823 g/mol. The monoisotopic (exact) mass is 872 g/mol. The van der Waals surface area contributed by atoms with E-state index in [1.165, 1.54) is 28.4 Å². The van der Waals surface area contributed by atoms with E-state index in [1.54, 1.807) is 10.9 Å². The minimum atomic E-state index is -2.86. The molecule has 20 heteroatoms. The Bertz CT molecular complexity index is 2440. The fourth-order valence-corrected chi connectivity index (χ4v) is 10.7. The third-order valence-electron chi connectivity index (χ3n) is 13.1. The Labute approximate surface area is 360 Å². The number of hydrogen-bond donors (Lipinski definition) is 3. The molecule has 4 aliphatic heterocycles. The average Bonchev–Trinajstić information content (AvgIpc) is 4.13. The van der Waals surface area contributed by atoms with Crippen LogP contribution in [0.5, 0.6) is 0 Å². The standard InChI is InChI=1S/C42H50F2N12O5S/c43-39(44)37-33(48-42(59)31-18-46-55-11-10-34(49-40(31)55)54-20-28-17-27(54)23-61-28)21-56(50-37)26-8-6-25(7-9-26)19-52-12-14-53(15-13-52)22-35(57)47-32-5-1-3-29-36(51-62-38(29)32)30-4-2-16-60-24-45-41(30)58/h1,3,5,10-11,18,21,25-28,30,39H,2,4,6-9,12-17,19-20,22-24H2,(H,45,58)(H,47,57)(H,48,59)/t25?,26?,27-,28-,30?/m1/s1. The summed E-state index contributed by atoms with van der Waals surface area (Å²) >= 11 is 1.31. The first-order valence-corrected chi connectivity index (χ1v) is 22.4. The number of amides is 3. The van der Waals surface area contributed by atoms with Crippen LogP contribution in [0.3, 0.4) is 0 Å². The number of aromatic nitrogens is 6. The predicted molar refractivity (Wildman–Crippen MR) is 227 cm³/mol. The molecule has 5 aliphatic rings. The molecule has 1 aliphatic carbocycles. The average molecular weight is 873 g/mol. The molecule has 17 nitrogen and oxygen atoms in total. The van der Waals surface area contributed by atoms with Crippen molar-refractivity contribution >= 4 is 62.2 Å². The van der Waals surface area contributed by atoms with Gasteiger partial charge in [-0.3, -0.25) is 24.0 Å². The first-order chi connectivity index (χ1) is 30.2. The maximum Gasteiger partial charge on any atom is 0.284 e. The molecule has 1 aromatic carbocycles. The molecule has 2 bridgehead atoms. The molecule has 62 heavy (non-hydrogen) atoms. The fourth-order valence-electron chi connectivity index (χ4n) is 9.81. The van der Waals surface area contributed by atoms with E-state index in [0.29, 0.717) is 36.9 Å². The number of ether oxygens (including phenoxy) is 2. The van der Waals surface area contributed by atoms with Crippen molar-refractivity contribution < 1.29 is 32.6 Å². The lowest BCUT2D eigenvalue weighted by molar-refractivity contribution is -0.125. The topological polar surface area (TPSA) is 176 Å². The lowest BCUT2D eigenvalue weighted by Gasteiger charge is -2.38. The largest absolute Gasteiger partial charge is 0.374 e. The summed E-state index contributed by atoms with van der Waals surface area (Å²) in [7, 11) is 0. The molecule has 0 radical (unpaired) electrons. The summed E-state index contributed by atoms with van der Waals surface area (Å²) in [6.45, 7) is 6.65. The quantitative estimate of drug-likeness (QED) is 0.168. The van der Waals surface area contributed by atoms with Crippen LogP contribution < -0.4 is 20.9 Å². The third-order valence-corrected chi connectivity index (χ3v) is 14.0. The van der Waals surface area contributed by atoms with E-state index in [1.807, 2.05) is 24.3 Å². The van der Waals surface area contributed by atoms with Crippen molar-refractivity contribution in [1.29, 1.82) is 0 Å². The van der Waals surface area contributed by atoms with Crippen LogP contribution in [-0.2, 0) is 19.1 Å². The molecule has 0 spiro atoms. The first kappa shape index (κ1) is 40.9. The van der Waals surface area contributed by atoms with Gasteiger partial charge in [0.2, 0.25) is 11.8 Å². The molecule has 1 saturated carbocycles. The van der Waals surface area contributed by atoms with Gasteiger partial charge in [-0.1, -0.05) is 12.1 Å². The van der Waals surface area contributed by atoms with E-state index in [0.717, 1.165) is 99.4 Å². The Morgan fingerprint density at radius 3 is 2.63 bits per heavy atom. The van der Waals surface area contributed by atoms with Gasteiger partial charge in [0, 0.05) is 63.7 Å². The van der Waals surface area contributed by atoms with Gasteiger partial charge in [0.05, 0.1) is 65.2 Å². The molecule has 1 unspecified atom stereocenters. The zero-order valence-electron chi connectivity index (χ0n) is 34.3. The molecule has 8 heterocycles. The Hall–Kier alpha value is -5.15. The summed E-state index contributed by atoms with van der Waals surface area (Å²) in [4.78, 5) is 51.2. The van der Waals surface area contributed by atoms with Gasteiger partial charge in [0.25, 0.3) is 12.3 Å². The number of nitrogens with zero attached hydrogens (tertiary/aromatic N) is 9. The first-order valence-electron chi connectivity index (χ1n) is 21.6. The number of morpholine rings is 1. The van der Waals surface area contributed by atoms with Gasteiger partial charge >= 0.3 is 0 Å². The Morgan fingerprint density at radius 1 is 1.00 bits per heavy atom. The second kappa shape index (κ2) is 17.5. The highest BCUT2D eigenvalue weighted by molar-refractivity contribution is 7.14. The minimum absolute atomic E-state index is 0.00933. The molecule has 3 amide bonds. The number of carbonyl (C=O) groups excluding carboxylic acids is 3. The van der Waals surface area contributed by atoms with Crippen molar-refractivity contribution in [3.63, 3.8) is 0 Å². The lowest BCUT2D eigenvalue weighted by atomic mass is 9.85. The number of alkyl halides is 2. The van der Waals surface area contributed by atoms with Crippen molar-refractivity contribution in [1.82, 2.24) is 43.9 Å². The Kier molecular flexibility index (Phi) is 11.6. The van der Waals surface area contributed by atoms with E-state index < -0.39 is 18.0 Å². The summed E-state index contributed by atoms with van der Waals surface area (Å²) in [6.07, 6.45) is 7.85. The van der Waals surface area contributed by atoms with Crippen molar-refractivity contribution in [3.05, 3.63) is 59.8 Å². The molecule has 4 saturated heterocycles. The molecular formula is C42H50F2N12O5S. The molecule has 5 aromatic rings. The summed E-state index contributed by atoms with van der Waals surface area (Å²) in [5, 5.41) is 18.1. The van der Waals surface area contributed by atoms with Gasteiger partial charge in [-0.25, -0.2) is 18.3 Å². The highest BCUT2D eigenvalue weighted by Crippen LogP contribution is 2.38. The molecule has 3 N–H and O–H groups in total. The number of piperazine rings is 1.